The van der Waals surface area contributed by atoms with Gasteiger partial charge in [0.25, 0.3) is 0 Å². The maximum absolute atomic E-state index is 12.6. The van der Waals surface area contributed by atoms with Crippen molar-refractivity contribution < 1.29 is 27.9 Å². The first-order valence-corrected chi connectivity index (χ1v) is 10.0. The van der Waals surface area contributed by atoms with Crippen molar-refractivity contribution in [3.05, 3.63) is 24.3 Å². The molecule has 0 spiro atoms. The second kappa shape index (κ2) is 8.49. The maximum Gasteiger partial charge on any atom is 0.326 e. The zero-order chi connectivity index (χ0) is 20.2. The number of likely N-dealkylation sites (tertiary alicyclic amines) is 1. The molecule has 2 atom stereocenters. The number of nitrogens with one attached hydrogen (secondary N) is 2. The number of rotatable bonds is 6. The van der Waals surface area contributed by atoms with Gasteiger partial charge in [-0.05, 0) is 50.5 Å². The van der Waals surface area contributed by atoms with E-state index in [2.05, 4.69) is 10.0 Å². The summed E-state index contributed by atoms with van der Waals surface area (Å²) in [6.45, 7) is 3.01. The van der Waals surface area contributed by atoms with Gasteiger partial charge in [0.2, 0.25) is 21.8 Å². The maximum atomic E-state index is 12.6. The molecule has 0 bridgehead atoms. The first kappa shape index (κ1) is 20.8. The fourth-order valence-electron chi connectivity index (χ4n) is 2.97. The van der Waals surface area contributed by atoms with Gasteiger partial charge in [0.1, 0.15) is 6.04 Å². The van der Waals surface area contributed by atoms with Crippen LogP contribution in [0.4, 0.5) is 5.69 Å². The minimum absolute atomic E-state index is 0.0651. The van der Waals surface area contributed by atoms with E-state index in [4.69, 9.17) is 0 Å². The second-order valence-electron chi connectivity index (χ2n) is 6.43. The quantitative estimate of drug-likeness (QED) is 0.650. The summed E-state index contributed by atoms with van der Waals surface area (Å²) in [4.78, 5) is 36.1. The van der Waals surface area contributed by atoms with Crippen LogP contribution in [0.1, 0.15) is 33.1 Å². The van der Waals surface area contributed by atoms with Crippen molar-refractivity contribution in [3.63, 3.8) is 0 Å². The van der Waals surface area contributed by atoms with Crippen LogP contribution in [0, 0.1) is 0 Å². The van der Waals surface area contributed by atoms with Crippen molar-refractivity contribution in [2.24, 2.45) is 0 Å². The third-order valence-corrected chi connectivity index (χ3v) is 5.81. The molecule has 3 N–H and O–H groups in total. The number of carboxylic acids is 1. The van der Waals surface area contributed by atoms with Crippen molar-refractivity contribution in [3.8, 4) is 0 Å². The van der Waals surface area contributed by atoms with E-state index < -0.39 is 34.0 Å². The summed E-state index contributed by atoms with van der Waals surface area (Å²) < 4.78 is 27.3. The molecule has 1 aliphatic heterocycles. The van der Waals surface area contributed by atoms with Gasteiger partial charge >= 0.3 is 5.97 Å². The van der Waals surface area contributed by atoms with Crippen LogP contribution < -0.4 is 10.0 Å². The SMILES string of the molecule is CC(=O)Nc1ccc(S(=O)(=O)NC(C)C(=O)N2CCCC[C@@H]2C(=O)O)cc1. The average molecular weight is 397 g/mol. The van der Waals surface area contributed by atoms with Crippen LogP contribution in [-0.2, 0) is 24.4 Å². The smallest absolute Gasteiger partial charge is 0.326 e. The Morgan fingerprint density at radius 2 is 1.81 bits per heavy atom. The first-order valence-electron chi connectivity index (χ1n) is 8.55. The van der Waals surface area contributed by atoms with E-state index in [9.17, 15) is 27.9 Å². The Morgan fingerprint density at radius 1 is 1.19 bits per heavy atom. The molecule has 0 saturated carbocycles. The number of hydrogen-bond acceptors (Lipinski definition) is 5. The van der Waals surface area contributed by atoms with Crippen LogP contribution in [0.15, 0.2) is 29.2 Å². The Morgan fingerprint density at radius 3 is 2.37 bits per heavy atom. The standard InChI is InChI=1S/C17H23N3O6S/c1-11(16(22)20-10-4-3-5-15(20)17(23)24)19-27(25,26)14-8-6-13(7-9-14)18-12(2)21/h6-9,11,15,19H,3-5,10H2,1-2H3,(H,18,21)(H,23,24)/t11?,15-/m1/s1. The van der Waals surface area contributed by atoms with Crippen molar-refractivity contribution >= 4 is 33.5 Å². The van der Waals surface area contributed by atoms with Gasteiger partial charge in [-0.1, -0.05) is 0 Å². The number of amides is 2. The second-order valence-corrected chi connectivity index (χ2v) is 8.14. The summed E-state index contributed by atoms with van der Waals surface area (Å²) in [5, 5.41) is 11.8. The van der Waals surface area contributed by atoms with E-state index in [0.717, 1.165) is 0 Å². The third-order valence-electron chi connectivity index (χ3n) is 4.26. The zero-order valence-electron chi connectivity index (χ0n) is 15.1. The lowest BCUT2D eigenvalue weighted by molar-refractivity contribution is -0.152. The first-order chi connectivity index (χ1) is 12.6. The summed E-state index contributed by atoms with van der Waals surface area (Å²) >= 11 is 0. The molecule has 27 heavy (non-hydrogen) atoms. The van der Waals surface area contributed by atoms with Gasteiger partial charge in [0.05, 0.1) is 10.9 Å². The molecule has 1 fully saturated rings. The van der Waals surface area contributed by atoms with Crippen LogP contribution in [-0.4, -0.2) is 54.8 Å². The van der Waals surface area contributed by atoms with E-state index in [-0.39, 0.29) is 17.3 Å². The zero-order valence-corrected chi connectivity index (χ0v) is 16.0. The van der Waals surface area contributed by atoms with Crippen LogP contribution in [0.2, 0.25) is 0 Å². The minimum atomic E-state index is -3.98. The number of hydrogen-bond donors (Lipinski definition) is 3. The number of carbonyl (C=O) groups is 3. The lowest BCUT2D eigenvalue weighted by atomic mass is 10.0. The molecule has 148 valence electrons. The van der Waals surface area contributed by atoms with Gasteiger partial charge in [0, 0.05) is 19.2 Å². The normalized spacial score (nSPS) is 18.6. The number of sulfonamides is 1. The van der Waals surface area contributed by atoms with Crippen LogP contribution in [0.25, 0.3) is 0 Å². The summed E-state index contributed by atoms with van der Waals surface area (Å²) in [5.41, 5.74) is 0.447. The molecule has 2 rings (SSSR count). The molecule has 1 unspecified atom stereocenters. The monoisotopic (exact) mass is 397 g/mol. The molecule has 9 nitrogen and oxygen atoms in total. The lowest BCUT2D eigenvalue weighted by Gasteiger charge is -2.34. The topological polar surface area (TPSA) is 133 Å². The lowest BCUT2D eigenvalue weighted by Crippen LogP contribution is -2.54. The summed E-state index contributed by atoms with van der Waals surface area (Å²) in [7, 11) is -3.98. The molecule has 1 aliphatic rings. The molecule has 1 aromatic carbocycles. The molecule has 2 amide bonds. The summed E-state index contributed by atoms with van der Waals surface area (Å²) in [6.07, 6.45) is 1.74. The van der Waals surface area contributed by atoms with E-state index in [1.165, 1.54) is 43.0 Å². The van der Waals surface area contributed by atoms with Gasteiger partial charge in [-0.25, -0.2) is 13.2 Å². The van der Waals surface area contributed by atoms with E-state index in [1.54, 1.807) is 0 Å². The molecule has 0 aromatic heterocycles. The van der Waals surface area contributed by atoms with Gasteiger partial charge in [0.15, 0.2) is 0 Å². The minimum Gasteiger partial charge on any atom is -0.480 e. The van der Waals surface area contributed by atoms with E-state index in [0.29, 0.717) is 24.9 Å². The Hall–Kier alpha value is -2.46. The highest BCUT2D eigenvalue weighted by atomic mass is 32.2. The van der Waals surface area contributed by atoms with Gasteiger partial charge < -0.3 is 15.3 Å². The molecule has 1 saturated heterocycles. The van der Waals surface area contributed by atoms with E-state index >= 15 is 0 Å². The van der Waals surface area contributed by atoms with Crippen molar-refractivity contribution in [1.29, 1.82) is 0 Å². The molecule has 0 aliphatic carbocycles. The van der Waals surface area contributed by atoms with Gasteiger partial charge in [-0.15, -0.1) is 0 Å². The van der Waals surface area contributed by atoms with Crippen molar-refractivity contribution in [2.75, 3.05) is 11.9 Å². The van der Waals surface area contributed by atoms with Crippen LogP contribution in [0.3, 0.4) is 0 Å². The number of anilines is 1. The highest BCUT2D eigenvalue weighted by Gasteiger charge is 2.35. The molecular formula is C17H23N3O6S. The predicted molar refractivity (Wildman–Crippen MR) is 97.5 cm³/mol. The van der Waals surface area contributed by atoms with Crippen molar-refractivity contribution in [1.82, 2.24) is 9.62 Å². The molecule has 0 radical (unpaired) electrons. The summed E-state index contributed by atoms with van der Waals surface area (Å²) in [6, 6.07) is 3.46. The Kier molecular flexibility index (Phi) is 6.55. The Balaban J connectivity index is 2.10. The molecular weight excluding hydrogens is 374 g/mol. The number of aliphatic carboxylic acids is 1. The number of nitrogens with zero attached hydrogens (tertiary/aromatic N) is 1. The average Bonchev–Trinajstić information content (AvgIpc) is 2.60. The van der Waals surface area contributed by atoms with Crippen molar-refractivity contribution in [2.45, 2.75) is 50.1 Å². The third kappa shape index (κ3) is 5.27. The highest BCUT2D eigenvalue weighted by molar-refractivity contribution is 7.89. The van der Waals surface area contributed by atoms with Crippen LogP contribution in [0.5, 0.6) is 0 Å². The number of piperidine rings is 1. The Labute approximate surface area is 157 Å². The highest BCUT2D eigenvalue weighted by Crippen LogP contribution is 2.19. The van der Waals surface area contributed by atoms with E-state index in [1.807, 2.05) is 0 Å². The van der Waals surface area contributed by atoms with Crippen LogP contribution >= 0.6 is 0 Å². The fraction of sp³-hybridized carbons (Fsp3) is 0.471. The molecule has 1 aromatic rings. The van der Waals surface area contributed by atoms with Gasteiger partial charge in [-0.3, -0.25) is 9.59 Å². The Bertz CT molecular complexity index is 822. The molecule has 1 heterocycles. The fourth-order valence-corrected chi connectivity index (χ4v) is 4.17. The summed E-state index contributed by atoms with van der Waals surface area (Å²) in [5.74, 6) is -1.94. The largest absolute Gasteiger partial charge is 0.480 e. The van der Waals surface area contributed by atoms with Gasteiger partial charge in [-0.2, -0.15) is 4.72 Å². The number of carboxylic acid groups (broad SMARTS) is 1. The predicted octanol–water partition coefficient (Wildman–Crippen LogP) is 0.778. The number of benzene rings is 1. The molecule has 10 heteroatoms. The number of carbonyl (C=O) groups excluding carboxylic acids is 2.